The van der Waals surface area contributed by atoms with Gasteiger partial charge in [0.1, 0.15) is 0 Å². The summed E-state index contributed by atoms with van der Waals surface area (Å²) in [5.41, 5.74) is -0.548. The van der Waals surface area contributed by atoms with Crippen molar-refractivity contribution in [2.45, 2.75) is 39.5 Å². The lowest BCUT2D eigenvalue weighted by atomic mass is 9.77. The lowest BCUT2D eigenvalue weighted by molar-refractivity contribution is -0.149. The summed E-state index contributed by atoms with van der Waals surface area (Å²) in [4.78, 5) is 11.2. The first-order valence-corrected chi connectivity index (χ1v) is 5.39. The van der Waals surface area contributed by atoms with Crippen molar-refractivity contribution in [2.75, 3.05) is 13.2 Å². The molecule has 1 rings (SSSR count). The van der Waals surface area contributed by atoms with Crippen LogP contribution in [0, 0.1) is 11.3 Å². The van der Waals surface area contributed by atoms with Crippen LogP contribution in [-0.2, 0) is 9.53 Å². The fourth-order valence-corrected chi connectivity index (χ4v) is 2.23. The zero-order chi connectivity index (χ0) is 10.6. The van der Waals surface area contributed by atoms with Crippen molar-refractivity contribution >= 4 is 5.97 Å². The van der Waals surface area contributed by atoms with Crippen LogP contribution in [0.3, 0.4) is 0 Å². The van der Waals surface area contributed by atoms with Gasteiger partial charge in [0.05, 0.1) is 5.41 Å². The third-order valence-electron chi connectivity index (χ3n) is 3.08. The third-order valence-corrected chi connectivity index (χ3v) is 3.08. The number of carboxylic acids is 1. The Labute approximate surface area is 85.5 Å². The maximum Gasteiger partial charge on any atom is 0.309 e. The van der Waals surface area contributed by atoms with Crippen molar-refractivity contribution in [1.29, 1.82) is 0 Å². The van der Waals surface area contributed by atoms with Gasteiger partial charge in [-0.05, 0) is 32.1 Å². The monoisotopic (exact) mass is 200 g/mol. The summed E-state index contributed by atoms with van der Waals surface area (Å²) >= 11 is 0. The number of carbonyl (C=O) groups is 1. The summed E-state index contributed by atoms with van der Waals surface area (Å²) in [7, 11) is 0. The van der Waals surface area contributed by atoms with E-state index in [1.165, 1.54) is 0 Å². The molecule has 0 spiro atoms. The molecule has 2 atom stereocenters. The van der Waals surface area contributed by atoms with Crippen LogP contribution >= 0.6 is 0 Å². The van der Waals surface area contributed by atoms with Gasteiger partial charge in [0, 0.05) is 13.2 Å². The van der Waals surface area contributed by atoms with Gasteiger partial charge in [0.15, 0.2) is 0 Å². The molecule has 0 aromatic carbocycles. The molecule has 3 nitrogen and oxygen atoms in total. The SMILES string of the molecule is CCCC(C)(CC1CCOC1)C(=O)O. The van der Waals surface area contributed by atoms with Crippen LogP contribution in [0.4, 0.5) is 0 Å². The molecule has 1 saturated heterocycles. The summed E-state index contributed by atoms with van der Waals surface area (Å²) in [6.45, 7) is 5.43. The fourth-order valence-electron chi connectivity index (χ4n) is 2.23. The maximum atomic E-state index is 11.2. The maximum absolute atomic E-state index is 11.2. The Bertz CT molecular complexity index is 197. The second-order valence-corrected chi connectivity index (χ2v) is 4.55. The average molecular weight is 200 g/mol. The molecule has 2 unspecified atom stereocenters. The molecule has 14 heavy (non-hydrogen) atoms. The Morgan fingerprint density at radius 2 is 2.36 bits per heavy atom. The topological polar surface area (TPSA) is 46.5 Å². The normalized spacial score (nSPS) is 26.0. The molecule has 0 radical (unpaired) electrons. The zero-order valence-electron chi connectivity index (χ0n) is 9.08. The summed E-state index contributed by atoms with van der Waals surface area (Å²) in [6.07, 6.45) is 3.47. The van der Waals surface area contributed by atoms with E-state index in [9.17, 15) is 9.90 Å². The minimum atomic E-state index is -0.661. The molecular formula is C11H20O3. The molecule has 0 amide bonds. The second-order valence-electron chi connectivity index (χ2n) is 4.55. The number of ether oxygens (including phenoxy) is 1. The first kappa shape index (κ1) is 11.5. The van der Waals surface area contributed by atoms with Gasteiger partial charge >= 0.3 is 5.97 Å². The molecule has 0 saturated carbocycles. The predicted octanol–water partition coefficient (Wildman–Crippen LogP) is 2.30. The highest BCUT2D eigenvalue weighted by molar-refractivity contribution is 5.74. The Kier molecular flexibility index (Phi) is 3.93. The van der Waals surface area contributed by atoms with Crippen molar-refractivity contribution in [1.82, 2.24) is 0 Å². The van der Waals surface area contributed by atoms with E-state index in [0.717, 1.165) is 38.9 Å². The zero-order valence-corrected chi connectivity index (χ0v) is 9.08. The molecule has 0 aliphatic carbocycles. The molecule has 0 aromatic heterocycles. The number of aliphatic carboxylic acids is 1. The molecular weight excluding hydrogens is 180 g/mol. The Morgan fingerprint density at radius 1 is 1.64 bits per heavy atom. The van der Waals surface area contributed by atoms with Crippen LogP contribution < -0.4 is 0 Å². The van der Waals surface area contributed by atoms with Gasteiger partial charge < -0.3 is 9.84 Å². The van der Waals surface area contributed by atoms with Crippen LogP contribution in [0.5, 0.6) is 0 Å². The van der Waals surface area contributed by atoms with Gasteiger partial charge in [-0.15, -0.1) is 0 Å². The minimum Gasteiger partial charge on any atom is -0.481 e. The highest BCUT2D eigenvalue weighted by atomic mass is 16.5. The van der Waals surface area contributed by atoms with Crippen molar-refractivity contribution in [2.24, 2.45) is 11.3 Å². The Balaban J connectivity index is 2.53. The van der Waals surface area contributed by atoms with Crippen LogP contribution in [0.2, 0.25) is 0 Å². The lowest BCUT2D eigenvalue weighted by Gasteiger charge is -2.26. The molecule has 82 valence electrons. The van der Waals surface area contributed by atoms with Crippen LogP contribution in [0.1, 0.15) is 39.5 Å². The molecule has 1 N–H and O–H groups in total. The van der Waals surface area contributed by atoms with Crippen LogP contribution in [0.15, 0.2) is 0 Å². The van der Waals surface area contributed by atoms with E-state index in [-0.39, 0.29) is 0 Å². The van der Waals surface area contributed by atoms with E-state index in [1.807, 2.05) is 13.8 Å². The lowest BCUT2D eigenvalue weighted by Crippen LogP contribution is -2.30. The van der Waals surface area contributed by atoms with Crippen molar-refractivity contribution < 1.29 is 14.6 Å². The Hall–Kier alpha value is -0.570. The van der Waals surface area contributed by atoms with E-state index in [0.29, 0.717) is 5.92 Å². The van der Waals surface area contributed by atoms with E-state index < -0.39 is 11.4 Å². The summed E-state index contributed by atoms with van der Waals surface area (Å²) in [5, 5.41) is 9.18. The third kappa shape index (κ3) is 2.71. The molecule has 0 aromatic rings. The summed E-state index contributed by atoms with van der Waals surface area (Å²) in [5.74, 6) is -0.214. The van der Waals surface area contributed by atoms with Crippen molar-refractivity contribution in [3.8, 4) is 0 Å². The van der Waals surface area contributed by atoms with Gasteiger partial charge in [-0.2, -0.15) is 0 Å². The molecule has 1 fully saturated rings. The number of hydrogen-bond acceptors (Lipinski definition) is 2. The van der Waals surface area contributed by atoms with E-state index in [4.69, 9.17) is 4.74 Å². The quantitative estimate of drug-likeness (QED) is 0.740. The molecule has 1 aliphatic heterocycles. The average Bonchev–Trinajstić information content (AvgIpc) is 2.56. The van der Waals surface area contributed by atoms with Gasteiger partial charge in [0.25, 0.3) is 0 Å². The highest BCUT2D eigenvalue weighted by Gasteiger charge is 2.35. The Morgan fingerprint density at radius 3 is 2.79 bits per heavy atom. The molecule has 1 aliphatic rings. The first-order valence-electron chi connectivity index (χ1n) is 5.39. The van der Waals surface area contributed by atoms with Gasteiger partial charge in [-0.25, -0.2) is 0 Å². The van der Waals surface area contributed by atoms with Gasteiger partial charge in [0.2, 0.25) is 0 Å². The molecule has 0 bridgehead atoms. The molecule has 3 heteroatoms. The van der Waals surface area contributed by atoms with E-state index in [1.54, 1.807) is 0 Å². The smallest absolute Gasteiger partial charge is 0.309 e. The summed E-state index contributed by atoms with van der Waals surface area (Å²) < 4.78 is 5.27. The van der Waals surface area contributed by atoms with Crippen molar-refractivity contribution in [3.63, 3.8) is 0 Å². The minimum absolute atomic E-state index is 0.447. The highest BCUT2D eigenvalue weighted by Crippen LogP contribution is 2.34. The second kappa shape index (κ2) is 4.78. The number of rotatable bonds is 5. The number of hydrogen-bond donors (Lipinski definition) is 1. The van der Waals surface area contributed by atoms with Crippen molar-refractivity contribution in [3.05, 3.63) is 0 Å². The van der Waals surface area contributed by atoms with E-state index >= 15 is 0 Å². The number of carboxylic acid groups (broad SMARTS) is 1. The molecule has 1 heterocycles. The first-order chi connectivity index (χ1) is 6.58. The summed E-state index contributed by atoms with van der Waals surface area (Å²) in [6, 6.07) is 0. The van der Waals surface area contributed by atoms with E-state index in [2.05, 4.69) is 0 Å². The van der Waals surface area contributed by atoms with Crippen LogP contribution in [-0.4, -0.2) is 24.3 Å². The van der Waals surface area contributed by atoms with Crippen LogP contribution in [0.25, 0.3) is 0 Å². The van der Waals surface area contributed by atoms with Gasteiger partial charge in [-0.3, -0.25) is 4.79 Å². The largest absolute Gasteiger partial charge is 0.481 e. The fraction of sp³-hybridized carbons (Fsp3) is 0.909. The predicted molar refractivity (Wildman–Crippen MR) is 54.2 cm³/mol. The standard InChI is InChI=1S/C11H20O3/c1-3-5-11(2,10(12)13)7-9-4-6-14-8-9/h9H,3-8H2,1-2H3,(H,12,13). The van der Waals surface area contributed by atoms with Gasteiger partial charge in [-0.1, -0.05) is 13.3 Å².